The van der Waals surface area contributed by atoms with Crippen LogP contribution in [-0.2, 0) is 0 Å². The Kier molecular flexibility index (Phi) is 5.90. The van der Waals surface area contributed by atoms with Crippen molar-refractivity contribution in [3.63, 3.8) is 0 Å². The number of dihydropyridines is 1. The fourth-order valence-electron chi connectivity index (χ4n) is 7.72. The summed E-state index contributed by atoms with van der Waals surface area (Å²) in [5, 5.41) is 11.1. The molecule has 3 aromatic heterocycles. The van der Waals surface area contributed by atoms with Crippen LogP contribution in [0.2, 0.25) is 0 Å². The number of nitrogens with zero attached hydrogens (tertiary/aromatic N) is 3. The van der Waals surface area contributed by atoms with Crippen LogP contribution >= 0.6 is 0 Å². The predicted molar refractivity (Wildman–Crippen MR) is 200 cm³/mol. The van der Waals surface area contributed by atoms with Crippen LogP contribution in [0.3, 0.4) is 0 Å². The maximum Gasteiger partial charge on any atom is 0.0721 e. The summed E-state index contributed by atoms with van der Waals surface area (Å²) < 4.78 is 4.93. The minimum atomic E-state index is 0.00227. The van der Waals surface area contributed by atoms with Gasteiger partial charge in [0.05, 0.1) is 33.8 Å². The van der Waals surface area contributed by atoms with Gasteiger partial charge in [0.2, 0.25) is 0 Å². The maximum atomic E-state index is 4.42. The van der Waals surface area contributed by atoms with Gasteiger partial charge in [0.25, 0.3) is 0 Å². The Hall–Kier alpha value is -6.39. The zero-order valence-corrected chi connectivity index (χ0v) is 26.1. The molecule has 4 nitrogen and oxygen atoms in total. The lowest BCUT2D eigenvalue weighted by Crippen LogP contribution is -2.22. The summed E-state index contributed by atoms with van der Waals surface area (Å²) in [5.74, 6) is 0. The van der Waals surface area contributed by atoms with Crippen molar-refractivity contribution in [1.82, 2.24) is 19.4 Å². The smallest absolute Gasteiger partial charge is 0.0721 e. The van der Waals surface area contributed by atoms with Gasteiger partial charge in [-0.2, -0.15) is 0 Å². The highest BCUT2D eigenvalue weighted by atomic mass is 15.0. The van der Waals surface area contributed by atoms with Crippen molar-refractivity contribution in [2.45, 2.75) is 6.04 Å². The molecule has 10 rings (SSSR count). The van der Waals surface area contributed by atoms with E-state index in [1.165, 1.54) is 54.6 Å². The number of nitrogens with one attached hydrogen (secondary N) is 1. The van der Waals surface area contributed by atoms with Crippen LogP contribution in [0.1, 0.15) is 17.2 Å². The van der Waals surface area contributed by atoms with Crippen LogP contribution in [0.15, 0.2) is 170 Å². The largest absolute Gasteiger partial charge is 0.374 e. The SMILES string of the molecule is C1=C(c2ccccc2)NC(c2ccccc2)C=C1n1c2ccccc2c2ccc3c(c4ccccc4n3-c3cccc4cnccc34)c21. The molecule has 1 atom stereocenters. The molecule has 0 amide bonds. The molecule has 0 saturated heterocycles. The van der Waals surface area contributed by atoms with Crippen molar-refractivity contribution >= 4 is 65.8 Å². The van der Waals surface area contributed by atoms with E-state index in [1.807, 2.05) is 12.4 Å². The average molecular weight is 615 g/mol. The van der Waals surface area contributed by atoms with E-state index in [9.17, 15) is 0 Å². The highest BCUT2D eigenvalue weighted by Crippen LogP contribution is 2.43. The van der Waals surface area contributed by atoms with E-state index >= 15 is 0 Å². The molecule has 4 heteroatoms. The van der Waals surface area contributed by atoms with E-state index in [-0.39, 0.29) is 6.04 Å². The molecule has 0 saturated carbocycles. The zero-order chi connectivity index (χ0) is 31.6. The first-order chi connectivity index (χ1) is 23.8. The number of aromatic nitrogens is 3. The lowest BCUT2D eigenvalue weighted by atomic mass is 9.99. The second-order valence-corrected chi connectivity index (χ2v) is 12.5. The molecule has 0 fully saturated rings. The van der Waals surface area contributed by atoms with E-state index in [4.69, 9.17) is 0 Å². The summed E-state index contributed by atoms with van der Waals surface area (Å²) in [6, 6.07) is 52.3. The van der Waals surface area contributed by atoms with Gasteiger partial charge in [0.15, 0.2) is 0 Å². The number of allylic oxidation sites excluding steroid dienone is 2. The topological polar surface area (TPSA) is 34.8 Å². The summed E-state index contributed by atoms with van der Waals surface area (Å²) in [5.41, 5.74) is 10.6. The minimum absolute atomic E-state index is 0.00227. The summed E-state index contributed by atoms with van der Waals surface area (Å²) in [4.78, 5) is 4.42. The first kappa shape index (κ1) is 26.8. The second-order valence-electron chi connectivity index (χ2n) is 12.5. The van der Waals surface area contributed by atoms with Crippen molar-refractivity contribution in [1.29, 1.82) is 0 Å². The van der Waals surface area contributed by atoms with Crippen LogP contribution < -0.4 is 5.32 Å². The van der Waals surface area contributed by atoms with Gasteiger partial charge >= 0.3 is 0 Å². The van der Waals surface area contributed by atoms with E-state index in [0.717, 1.165) is 28.0 Å². The Morgan fingerprint density at radius 1 is 0.542 bits per heavy atom. The number of hydrogen-bond acceptors (Lipinski definition) is 2. The van der Waals surface area contributed by atoms with Crippen LogP contribution in [0.25, 0.3) is 71.5 Å². The first-order valence-electron chi connectivity index (χ1n) is 16.4. The van der Waals surface area contributed by atoms with E-state index in [0.29, 0.717) is 0 Å². The van der Waals surface area contributed by atoms with Crippen molar-refractivity contribution in [2.24, 2.45) is 0 Å². The van der Waals surface area contributed by atoms with Crippen LogP contribution in [0.4, 0.5) is 0 Å². The molecule has 9 aromatic rings. The zero-order valence-electron chi connectivity index (χ0n) is 26.1. The molecule has 0 bridgehead atoms. The normalized spacial score (nSPS) is 14.9. The average Bonchev–Trinajstić information content (AvgIpc) is 3.68. The summed E-state index contributed by atoms with van der Waals surface area (Å²) in [6.07, 6.45) is 8.53. The molecule has 4 heterocycles. The van der Waals surface area contributed by atoms with E-state index in [1.54, 1.807) is 0 Å². The monoisotopic (exact) mass is 614 g/mol. The van der Waals surface area contributed by atoms with Crippen molar-refractivity contribution < 1.29 is 0 Å². The van der Waals surface area contributed by atoms with Gasteiger partial charge in [0.1, 0.15) is 0 Å². The summed E-state index contributed by atoms with van der Waals surface area (Å²) in [6.45, 7) is 0. The molecule has 1 unspecified atom stereocenters. The highest BCUT2D eigenvalue weighted by molar-refractivity contribution is 6.27. The molecule has 6 aromatic carbocycles. The first-order valence-corrected chi connectivity index (χ1v) is 16.4. The quantitative estimate of drug-likeness (QED) is 0.214. The number of pyridine rings is 1. The summed E-state index contributed by atoms with van der Waals surface area (Å²) in [7, 11) is 0. The molecule has 0 aliphatic carbocycles. The Morgan fingerprint density at radius 2 is 1.27 bits per heavy atom. The van der Waals surface area contributed by atoms with E-state index < -0.39 is 0 Å². The Labute approximate surface area is 277 Å². The third-order valence-electron chi connectivity index (χ3n) is 9.81. The number of rotatable bonds is 4. The van der Waals surface area contributed by atoms with Gasteiger partial charge in [-0.3, -0.25) is 4.98 Å². The van der Waals surface area contributed by atoms with Gasteiger partial charge in [-0.1, -0.05) is 115 Å². The third-order valence-corrected chi connectivity index (χ3v) is 9.81. The van der Waals surface area contributed by atoms with Gasteiger partial charge in [-0.25, -0.2) is 0 Å². The lowest BCUT2D eigenvalue weighted by Gasteiger charge is -2.26. The third kappa shape index (κ3) is 3.99. The number of fused-ring (bicyclic) bond motifs is 8. The molecule has 226 valence electrons. The fourth-order valence-corrected chi connectivity index (χ4v) is 7.72. The molecule has 1 aliphatic heterocycles. The second kappa shape index (κ2) is 10.6. The number of benzene rings is 6. The van der Waals surface area contributed by atoms with Crippen LogP contribution in [0, 0.1) is 0 Å². The minimum Gasteiger partial charge on any atom is -0.374 e. The Balaban J connectivity index is 1.34. The number of hydrogen-bond donors (Lipinski definition) is 1. The standard InChI is InChI=1S/C44H30N4/c1-3-12-29(13-4-1)37-26-32(27-38(46-37)30-14-5-2-6-15-30)47-40-19-9-7-17-34(40)35-22-23-42-43(44(35)47)36-18-8-10-20-41(36)48(42)39-21-11-16-31-28-45-25-24-33(31)39/h1-28,37,46H. The molecule has 48 heavy (non-hydrogen) atoms. The van der Waals surface area contributed by atoms with Crippen LogP contribution in [-0.4, -0.2) is 14.1 Å². The molecule has 0 spiro atoms. The van der Waals surface area contributed by atoms with Gasteiger partial charge < -0.3 is 14.5 Å². The van der Waals surface area contributed by atoms with Crippen molar-refractivity contribution in [2.75, 3.05) is 0 Å². The molecule has 0 radical (unpaired) electrons. The highest BCUT2D eigenvalue weighted by Gasteiger charge is 2.24. The van der Waals surface area contributed by atoms with Gasteiger partial charge in [-0.05, 0) is 53.6 Å². The number of para-hydroxylation sites is 2. The molecule has 1 aliphatic rings. The van der Waals surface area contributed by atoms with Crippen molar-refractivity contribution in [3.8, 4) is 5.69 Å². The fraction of sp³-hybridized carbons (Fsp3) is 0.0227. The maximum absolute atomic E-state index is 4.42. The summed E-state index contributed by atoms with van der Waals surface area (Å²) >= 11 is 0. The van der Waals surface area contributed by atoms with Gasteiger partial charge in [0, 0.05) is 56.1 Å². The molecular formula is C44H30N4. The van der Waals surface area contributed by atoms with E-state index in [2.05, 4.69) is 177 Å². The Morgan fingerprint density at radius 3 is 2.10 bits per heavy atom. The van der Waals surface area contributed by atoms with Crippen LogP contribution in [0.5, 0.6) is 0 Å². The molecular weight excluding hydrogens is 585 g/mol. The lowest BCUT2D eigenvalue weighted by molar-refractivity contribution is 0.762. The van der Waals surface area contributed by atoms with Gasteiger partial charge in [-0.15, -0.1) is 0 Å². The predicted octanol–water partition coefficient (Wildman–Crippen LogP) is 10.7. The molecule has 1 N–H and O–H groups in total. The Bertz CT molecular complexity index is 2740. The van der Waals surface area contributed by atoms with Crippen molar-refractivity contribution in [3.05, 3.63) is 181 Å².